The summed E-state index contributed by atoms with van der Waals surface area (Å²) >= 11 is 1.25. The molecule has 0 unspecified atom stereocenters. The Bertz CT molecular complexity index is 1530. The summed E-state index contributed by atoms with van der Waals surface area (Å²) in [6.07, 6.45) is 1.82. The molecular formula is C31H24N2O4S. The van der Waals surface area contributed by atoms with Crippen molar-refractivity contribution in [2.75, 3.05) is 4.90 Å². The minimum Gasteiger partial charge on any atom is -0.489 e. The van der Waals surface area contributed by atoms with Crippen LogP contribution in [0.2, 0.25) is 0 Å². The number of rotatable bonds is 7. The van der Waals surface area contributed by atoms with E-state index in [0.29, 0.717) is 28.1 Å². The summed E-state index contributed by atoms with van der Waals surface area (Å²) in [4.78, 5) is 31.6. The first-order valence-electron chi connectivity index (χ1n) is 12.0. The average molecular weight is 521 g/mol. The molecule has 4 aromatic carbocycles. The highest BCUT2D eigenvalue weighted by Crippen LogP contribution is 2.37. The number of carbonyl (C=O) groups is 2. The second-order valence-corrected chi connectivity index (χ2v) is 9.69. The highest BCUT2D eigenvalue weighted by Gasteiger charge is 2.34. The van der Waals surface area contributed by atoms with E-state index in [4.69, 9.17) is 4.74 Å². The van der Waals surface area contributed by atoms with Crippen LogP contribution in [0.1, 0.15) is 27.0 Å². The van der Waals surface area contributed by atoms with Crippen LogP contribution in [0.3, 0.4) is 0 Å². The Morgan fingerprint density at radius 2 is 1.68 bits per heavy atom. The Labute approximate surface area is 224 Å². The Hall–Kier alpha value is -4.62. The number of ether oxygens (including phenoxy) is 1. The smallest absolute Gasteiger partial charge is 0.335 e. The van der Waals surface area contributed by atoms with E-state index in [2.05, 4.69) is 24.0 Å². The van der Waals surface area contributed by atoms with Crippen molar-refractivity contribution < 1.29 is 19.4 Å². The first-order chi connectivity index (χ1) is 18.5. The number of anilines is 1. The summed E-state index contributed by atoms with van der Waals surface area (Å²) in [7, 11) is 0. The number of benzene rings is 4. The second-order valence-electron chi connectivity index (χ2n) is 8.68. The maximum absolute atomic E-state index is 13.5. The van der Waals surface area contributed by atoms with E-state index < -0.39 is 5.97 Å². The Kier molecular flexibility index (Phi) is 7.38. The van der Waals surface area contributed by atoms with Gasteiger partial charge >= 0.3 is 5.97 Å². The monoisotopic (exact) mass is 520 g/mol. The lowest BCUT2D eigenvalue weighted by molar-refractivity contribution is -0.113. The predicted molar refractivity (Wildman–Crippen MR) is 152 cm³/mol. The molecule has 1 heterocycles. The van der Waals surface area contributed by atoms with E-state index in [0.717, 1.165) is 16.9 Å². The van der Waals surface area contributed by atoms with Gasteiger partial charge in [0.1, 0.15) is 12.4 Å². The number of aryl methyl sites for hydroxylation is 1. The van der Waals surface area contributed by atoms with Crippen LogP contribution in [0.15, 0.2) is 113 Å². The summed E-state index contributed by atoms with van der Waals surface area (Å²) in [5.74, 6) is -0.493. The maximum Gasteiger partial charge on any atom is 0.335 e. The van der Waals surface area contributed by atoms with Gasteiger partial charge in [0.2, 0.25) is 0 Å². The fourth-order valence-electron chi connectivity index (χ4n) is 3.84. The standard InChI is InChI=1S/C31H24N2O4S/c1-21-10-12-23(13-11-21)20-37-27-16-14-22(15-17-27)18-28-29(34)33(26-8-3-2-4-9-26)31(38-28)32-25-7-5-6-24(19-25)30(35)36/h2-19H,20H2,1H3,(H,35,36)/b28-18-,32-31?. The lowest BCUT2D eigenvalue weighted by Crippen LogP contribution is -2.28. The molecule has 1 amide bonds. The highest BCUT2D eigenvalue weighted by atomic mass is 32.2. The third-order valence-electron chi connectivity index (χ3n) is 5.84. The molecule has 188 valence electrons. The van der Waals surface area contributed by atoms with Crippen molar-refractivity contribution in [1.82, 2.24) is 0 Å². The number of aromatic carboxylic acids is 1. The fourth-order valence-corrected chi connectivity index (χ4v) is 4.84. The molecule has 1 fully saturated rings. The third-order valence-corrected chi connectivity index (χ3v) is 6.81. The Balaban J connectivity index is 1.39. The predicted octanol–water partition coefficient (Wildman–Crippen LogP) is 7.08. The Morgan fingerprint density at radius 1 is 0.947 bits per heavy atom. The van der Waals surface area contributed by atoms with Crippen LogP contribution in [-0.4, -0.2) is 22.2 Å². The molecule has 0 bridgehead atoms. The minimum atomic E-state index is -1.03. The zero-order chi connectivity index (χ0) is 26.5. The van der Waals surface area contributed by atoms with Crippen molar-refractivity contribution in [2.24, 2.45) is 4.99 Å². The highest BCUT2D eigenvalue weighted by molar-refractivity contribution is 8.19. The number of nitrogens with zero attached hydrogens (tertiary/aromatic N) is 2. The molecule has 38 heavy (non-hydrogen) atoms. The summed E-state index contributed by atoms with van der Waals surface area (Å²) in [6.45, 7) is 2.53. The topological polar surface area (TPSA) is 79.2 Å². The van der Waals surface area contributed by atoms with E-state index in [1.807, 2.05) is 72.8 Å². The molecule has 0 saturated carbocycles. The lowest BCUT2D eigenvalue weighted by atomic mass is 10.1. The van der Waals surface area contributed by atoms with Crippen LogP contribution in [0.5, 0.6) is 5.75 Å². The van der Waals surface area contributed by atoms with Crippen LogP contribution >= 0.6 is 11.8 Å². The number of hydrogen-bond donors (Lipinski definition) is 1. The number of amides is 1. The number of carboxylic acids is 1. The van der Waals surface area contributed by atoms with Crippen molar-refractivity contribution in [3.05, 3.63) is 130 Å². The summed E-state index contributed by atoms with van der Waals surface area (Å²) in [5.41, 5.74) is 4.42. The number of aliphatic imine (C=N–C) groups is 1. The number of hydrogen-bond acceptors (Lipinski definition) is 5. The van der Waals surface area contributed by atoms with Crippen LogP contribution < -0.4 is 9.64 Å². The molecule has 0 aliphatic carbocycles. The van der Waals surface area contributed by atoms with Gasteiger partial charge in [-0.1, -0.05) is 66.2 Å². The van der Waals surface area contributed by atoms with Gasteiger partial charge in [0.05, 0.1) is 21.8 Å². The van der Waals surface area contributed by atoms with Gasteiger partial charge in [-0.05, 0) is 78.4 Å². The minimum absolute atomic E-state index is 0.132. The molecule has 1 N–H and O–H groups in total. The summed E-state index contributed by atoms with van der Waals surface area (Å²) in [5, 5.41) is 9.79. The van der Waals surface area contributed by atoms with E-state index in [1.165, 1.54) is 29.5 Å². The van der Waals surface area contributed by atoms with Crippen molar-refractivity contribution >= 4 is 46.3 Å². The number of carbonyl (C=O) groups excluding carboxylic acids is 1. The SMILES string of the molecule is Cc1ccc(COc2ccc(/C=C3\SC(=Nc4cccc(C(=O)O)c4)N(c4ccccc4)C3=O)cc2)cc1. The van der Waals surface area contributed by atoms with E-state index in [-0.39, 0.29) is 11.5 Å². The zero-order valence-corrected chi connectivity index (χ0v) is 21.4. The van der Waals surface area contributed by atoms with Gasteiger partial charge in [0.15, 0.2) is 5.17 Å². The molecule has 7 heteroatoms. The van der Waals surface area contributed by atoms with Crippen LogP contribution in [0, 0.1) is 6.92 Å². The number of carboxylic acid groups (broad SMARTS) is 1. The van der Waals surface area contributed by atoms with Crippen molar-refractivity contribution in [2.45, 2.75) is 13.5 Å². The number of para-hydroxylation sites is 1. The fraction of sp³-hybridized carbons (Fsp3) is 0.0645. The van der Waals surface area contributed by atoms with Gasteiger partial charge in [-0.15, -0.1) is 0 Å². The molecule has 0 spiro atoms. The van der Waals surface area contributed by atoms with E-state index >= 15 is 0 Å². The molecule has 1 aliphatic rings. The molecule has 5 rings (SSSR count). The third kappa shape index (κ3) is 5.85. The van der Waals surface area contributed by atoms with Crippen LogP contribution in [-0.2, 0) is 11.4 Å². The molecule has 1 saturated heterocycles. The van der Waals surface area contributed by atoms with Gasteiger partial charge in [-0.3, -0.25) is 9.69 Å². The van der Waals surface area contributed by atoms with Gasteiger partial charge in [-0.25, -0.2) is 9.79 Å². The van der Waals surface area contributed by atoms with Gasteiger partial charge < -0.3 is 9.84 Å². The van der Waals surface area contributed by atoms with Gasteiger partial charge in [0, 0.05) is 0 Å². The van der Waals surface area contributed by atoms with E-state index in [1.54, 1.807) is 17.0 Å². The largest absolute Gasteiger partial charge is 0.489 e. The van der Waals surface area contributed by atoms with E-state index in [9.17, 15) is 14.7 Å². The molecule has 0 aromatic heterocycles. The van der Waals surface area contributed by atoms with Gasteiger partial charge in [0.25, 0.3) is 5.91 Å². The van der Waals surface area contributed by atoms with Gasteiger partial charge in [-0.2, -0.15) is 0 Å². The molecule has 6 nitrogen and oxygen atoms in total. The quantitative estimate of drug-likeness (QED) is 0.263. The van der Waals surface area contributed by atoms with Crippen molar-refractivity contribution in [1.29, 1.82) is 0 Å². The second kappa shape index (κ2) is 11.2. The molecule has 1 aliphatic heterocycles. The summed E-state index contributed by atoms with van der Waals surface area (Å²) in [6, 6.07) is 31.4. The first-order valence-corrected chi connectivity index (χ1v) is 12.8. The molecule has 0 radical (unpaired) electrons. The molecular weight excluding hydrogens is 496 g/mol. The average Bonchev–Trinajstić information content (AvgIpc) is 3.23. The number of amidine groups is 1. The zero-order valence-electron chi connectivity index (χ0n) is 20.6. The van der Waals surface area contributed by atoms with Crippen LogP contribution in [0.4, 0.5) is 11.4 Å². The first kappa shape index (κ1) is 25.0. The number of thioether (sulfide) groups is 1. The van der Waals surface area contributed by atoms with Crippen molar-refractivity contribution in [3.63, 3.8) is 0 Å². The molecule has 0 atom stereocenters. The maximum atomic E-state index is 13.5. The Morgan fingerprint density at radius 3 is 2.39 bits per heavy atom. The van der Waals surface area contributed by atoms with Crippen molar-refractivity contribution in [3.8, 4) is 5.75 Å². The molecule has 4 aromatic rings. The van der Waals surface area contributed by atoms with Crippen LogP contribution in [0.25, 0.3) is 6.08 Å². The normalized spacial score (nSPS) is 15.3. The lowest BCUT2D eigenvalue weighted by Gasteiger charge is -2.15. The summed E-state index contributed by atoms with van der Waals surface area (Å²) < 4.78 is 5.90.